The van der Waals surface area contributed by atoms with Gasteiger partial charge in [0.1, 0.15) is 6.10 Å². The van der Waals surface area contributed by atoms with Crippen LogP contribution in [-0.4, -0.2) is 17.3 Å². The maximum Gasteiger partial charge on any atom is 0.250 e. The van der Waals surface area contributed by atoms with Crippen molar-refractivity contribution in [2.45, 2.75) is 26.9 Å². The number of nitrogens with zero attached hydrogens (tertiary/aromatic N) is 2. The third-order valence-corrected chi connectivity index (χ3v) is 3.07. The van der Waals surface area contributed by atoms with E-state index in [-0.39, 0.29) is 11.5 Å². The molecule has 21 heavy (non-hydrogen) atoms. The van der Waals surface area contributed by atoms with Crippen LogP contribution in [0.1, 0.15) is 44.2 Å². The second-order valence-corrected chi connectivity index (χ2v) is 5.97. The van der Waals surface area contributed by atoms with E-state index in [1.807, 2.05) is 30.3 Å². The fourth-order valence-corrected chi connectivity index (χ4v) is 2.04. The third kappa shape index (κ3) is 3.92. The Kier molecular flexibility index (Phi) is 4.43. The number of methoxy groups -OCH3 is 1. The summed E-state index contributed by atoms with van der Waals surface area (Å²) in [5.74, 6) is 1.01. The first-order valence-corrected chi connectivity index (χ1v) is 6.80. The minimum atomic E-state index is -0.208. The predicted octanol–water partition coefficient (Wildman–Crippen LogP) is 3.56. The van der Waals surface area contributed by atoms with Gasteiger partial charge in [0, 0.05) is 18.9 Å². The molecule has 0 aliphatic rings. The smallest absolute Gasteiger partial charge is 0.250 e. The molecule has 0 saturated heterocycles. The van der Waals surface area contributed by atoms with Gasteiger partial charge in [-0.1, -0.05) is 38.1 Å². The summed E-state index contributed by atoms with van der Waals surface area (Å²) in [7, 11) is 1.65. The zero-order chi connectivity index (χ0) is 15.5. The first-order valence-electron chi connectivity index (χ1n) is 6.80. The lowest BCUT2D eigenvalue weighted by Gasteiger charge is -2.26. The number of benzene rings is 1. The quantitative estimate of drug-likeness (QED) is 0.870. The Morgan fingerprint density at radius 2 is 1.86 bits per heavy atom. The van der Waals surface area contributed by atoms with Crippen LogP contribution in [0.25, 0.3) is 12.2 Å². The number of nitrogens with two attached hydrogens (primary N) is 1. The number of ether oxygens (including phenoxy) is 1. The Hall–Kier alpha value is -2.14. The fourth-order valence-electron chi connectivity index (χ4n) is 2.04. The molecule has 1 atom stereocenters. The van der Waals surface area contributed by atoms with Crippen molar-refractivity contribution >= 4 is 17.8 Å². The molecular formula is C16H21N3O2. The van der Waals surface area contributed by atoms with Gasteiger partial charge < -0.3 is 15.0 Å². The molecule has 2 N–H and O–H groups in total. The normalized spacial score (nSPS) is 13.7. The number of hydrogen-bond donors (Lipinski definition) is 1. The van der Waals surface area contributed by atoms with Crippen molar-refractivity contribution in [3.8, 4) is 0 Å². The van der Waals surface area contributed by atoms with Gasteiger partial charge in [-0.3, -0.25) is 0 Å². The molecule has 0 saturated carbocycles. The average Bonchev–Trinajstić information content (AvgIpc) is 2.86. The van der Waals surface area contributed by atoms with E-state index in [0.29, 0.717) is 11.7 Å². The third-order valence-electron chi connectivity index (χ3n) is 3.07. The van der Waals surface area contributed by atoms with Crippen LogP contribution in [0.2, 0.25) is 0 Å². The highest BCUT2D eigenvalue weighted by molar-refractivity contribution is 5.66. The second kappa shape index (κ2) is 6.10. The minimum absolute atomic E-state index is 0.101. The van der Waals surface area contributed by atoms with Crippen molar-refractivity contribution < 1.29 is 9.26 Å². The maximum atomic E-state index is 5.65. The number of anilines is 1. The van der Waals surface area contributed by atoms with Gasteiger partial charge in [-0.2, -0.15) is 4.98 Å². The van der Waals surface area contributed by atoms with E-state index < -0.39 is 0 Å². The number of hydrogen-bond acceptors (Lipinski definition) is 5. The van der Waals surface area contributed by atoms with E-state index in [2.05, 4.69) is 30.9 Å². The molecule has 0 bridgehead atoms. The Bertz CT molecular complexity index is 609. The molecule has 0 spiro atoms. The molecule has 0 aliphatic heterocycles. The van der Waals surface area contributed by atoms with Gasteiger partial charge in [0.25, 0.3) is 5.89 Å². The topological polar surface area (TPSA) is 74.2 Å². The van der Waals surface area contributed by atoms with Gasteiger partial charge in [0.15, 0.2) is 0 Å². The summed E-state index contributed by atoms with van der Waals surface area (Å²) in [5, 5.41) is 4.00. The van der Waals surface area contributed by atoms with E-state index >= 15 is 0 Å². The van der Waals surface area contributed by atoms with Crippen molar-refractivity contribution in [1.29, 1.82) is 0 Å². The SMILES string of the molecule is COC(c1noc(/C=C/c2ccc(N)cc2)n1)C(C)(C)C. The highest BCUT2D eigenvalue weighted by atomic mass is 16.5. The first-order chi connectivity index (χ1) is 9.90. The molecule has 5 heteroatoms. The zero-order valence-electron chi connectivity index (χ0n) is 12.8. The summed E-state index contributed by atoms with van der Waals surface area (Å²) in [6.07, 6.45) is 3.47. The van der Waals surface area contributed by atoms with E-state index in [1.54, 1.807) is 13.2 Å². The molecule has 1 heterocycles. The molecule has 0 radical (unpaired) electrons. The van der Waals surface area contributed by atoms with E-state index in [1.165, 1.54) is 0 Å². The lowest BCUT2D eigenvalue weighted by atomic mass is 9.88. The summed E-state index contributed by atoms with van der Waals surface area (Å²) >= 11 is 0. The molecule has 0 aliphatic carbocycles. The highest BCUT2D eigenvalue weighted by Crippen LogP contribution is 2.33. The standard InChI is InChI=1S/C16H21N3O2/c1-16(2,3)14(20-4)15-18-13(21-19-15)10-7-11-5-8-12(17)9-6-11/h5-10,14H,17H2,1-4H3/b10-7+. The van der Waals surface area contributed by atoms with Crippen molar-refractivity contribution in [3.63, 3.8) is 0 Å². The van der Waals surface area contributed by atoms with Crippen LogP contribution in [0.3, 0.4) is 0 Å². The van der Waals surface area contributed by atoms with E-state index in [0.717, 1.165) is 11.3 Å². The van der Waals surface area contributed by atoms with Gasteiger partial charge in [-0.05, 0) is 29.2 Å². The Balaban J connectivity index is 2.14. The monoisotopic (exact) mass is 287 g/mol. The minimum Gasteiger partial charge on any atom is -0.399 e. The van der Waals surface area contributed by atoms with Crippen LogP contribution >= 0.6 is 0 Å². The summed E-state index contributed by atoms with van der Waals surface area (Å²) < 4.78 is 10.7. The van der Waals surface area contributed by atoms with Gasteiger partial charge in [0.05, 0.1) is 0 Å². The molecule has 0 amide bonds. The van der Waals surface area contributed by atoms with Gasteiger partial charge in [0.2, 0.25) is 5.82 Å². The summed E-state index contributed by atoms with van der Waals surface area (Å²) in [6.45, 7) is 6.21. The maximum absolute atomic E-state index is 5.65. The van der Waals surface area contributed by atoms with Crippen LogP contribution in [0, 0.1) is 5.41 Å². The van der Waals surface area contributed by atoms with Crippen molar-refractivity contribution in [2.24, 2.45) is 5.41 Å². The Labute approximate surface area is 124 Å². The molecule has 2 rings (SSSR count). The largest absolute Gasteiger partial charge is 0.399 e. The molecule has 5 nitrogen and oxygen atoms in total. The lowest BCUT2D eigenvalue weighted by Crippen LogP contribution is -2.21. The van der Waals surface area contributed by atoms with Crippen LogP contribution < -0.4 is 5.73 Å². The number of aromatic nitrogens is 2. The highest BCUT2D eigenvalue weighted by Gasteiger charge is 2.30. The second-order valence-electron chi connectivity index (χ2n) is 5.97. The van der Waals surface area contributed by atoms with Crippen LogP contribution in [0.4, 0.5) is 5.69 Å². The first kappa shape index (κ1) is 15.3. The predicted molar refractivity (Wildman–Crippen MR) is 83.3 cm³/mol. The summed E-state index contributed by atoms with van der Waals surface area (Å²) in [6, 6.07) is 7.55. The van der Waals surface area contributed by atoms with Crippen LogP contribution in [0.15, 0.2) is 28.8 Å². The molecule has 0 fully saturated rings. The molecule has 1 unspecified atom stereocenters. The van der Waals surface area contributed by atoms with Crippen molar-refractivity contribution in [2.75, 3.05) is 12.8 Å². The van der Waals surface area contributed by atoms with Gasteiger partial charge in [-0.15, -0.1) is 0 Å². The zero-order valence-corrected chi connectivity index (χ0v) is 12.8. The Morgan fingerprint density at radius 3 is 2.43 bits per heavy atom. The molecule has 1 aromatic heterocycles. The lowest BCUT2D eigenvalue weighted by molar-refractivity contribution is 0.00718. The van der Waals surface area contributed by atoms with Crippen LogP contribution in [-0.2, 0) is 4.74 Å². The van der Waals surface area contributed by atoms with E-state index in [9.17, 15) is 0 Å². The molecule has 1 aromatic carbocycles. The number of nitrogen functional groups attached to an aromatic ring is 1. The molecule has 2 aromatic rings. The van der Waals surface area contributed by atoms with Crippen molar-refractivity contribution in [1.82, 2.24) is 10.1 Å². The van der Waals surface area contributed by atoms with Crippen molar-refractivity contribution in [3.05, 3.63) is 41.5 Å². The van der Waals surface area contributed by atoms with Crippen LogP contribution in [0.5, 0.6) is 0 Å². The molecule has 112 valence electrons. The average molecular weight is 287 g/mol. The van der Waals surface area contributed by atoms with E-state index in [4.69, 9.17) is 15.0 Å². The summed E-state index contributed by atoms with van der Waals surface area (Å²) in [5.41, 5.74) is 7.30. The molecular weight excluding hydrogens is 266 g/mol. The summed E-state index contributed by atoms with van der Waals surface area (Å²) in [4.78, 5) is 4.37. The Morgan fingerprint density at radius 1 is 1.19 bits per heavy atom. The fraction of sp³-hybridized carbons (Fsp3) is 0.375. The van der Waals surface area contributed by atoms with Gasteiger partial charge >= 0.3 is 0 Å². The number of rotatable bonds is 4. The van der Waals surface area contributed by atoms with Gasteiger partial charge in [-0.25, -0.2) is 0 Å².